The van der Waals surface area contributed by atoms with E-state index in [9.17, 15) is 0 Å². The van der Waals surface area contributed by atoms with E-state index in [0.717, 1.165) is 22.4 Å². The maximum absolute atomic E-state index is 7.36. The maximum Gasteiger partial charge on any atom is -0.147 e. The van der Waals surface area contributed by atoms with Crippen LogP contribution in [0.15, 0.2) is 82.8 Å². The van der Waals surface area contributed by atoms with Crippen molar-refractivity contribution in [1.82, 2.24) is 0 Å². The van der Waals surface area contributed by atoms with Gasteiger partial charge in [-0.05, 0) is 0 Å². The van der Waals surface area contributed by atoms with Gasteiger partial charge in [-0.2, -0.15) is 0 Å². The molecule has 0 fully saturated rings. The fourth-order valence-electron chi connectivity index (χ4n) is 5.23. The first-order valence-electron chi connectivity index (χ1n) is 12.2. The molecule has 0 aromatic heterocycles. The quantitative estimate of drug-likeness (QED) is 0.307. The molecule has 0 heterocycles. The molecular formula is C31H38Cl2OSiTi. The second kappa shape index (κ2) is 12.7. The molecule has 1 aliphatic rings. The van der Waals surface area contributed by atoms with Crippen LogP contribution in [0, 0.1) is 20.8 Å². The summed E-state index contributed by atoms with van der Waals surface area (Å²) < 4.78 is 10.2. The third-order valence-electron chi connectivity index (χ3n) is 6.93. The Labute approximate surface area is 239 Å². The molecule has 36 heavy (non-hydrogen) atoms. The van der Waals surface area contributed by atoms with E-state index in [1.165, 1.54) is 46.3 Å². The van der Waals surface area contributed by atoms with Crippen molar-refractivity contribution in [2.75, 3.05) is 0 Å². The Kier molecular flexibility index (Phi) is 10.8. The fraction of sp³-hybridized carbons (Fsp3) is 0.258. The van der Waals surface area contributed by atoms with Crippen LogP contribution < -0.4 is 8.51 Å². The Balaban J connectivity index is 0.00000228. The third-order valence-corrected chi connectivity index (χ3v) is 11.6. The van der Waals surface area contributed by atoms with Gasteiger partial charge in [0.2, 0.25) is 0 Å². The molecule has 0 bridgehead atoms. The van der Waals surface area contributed by atoms with E-state index in [2.05, 4.69) is 120 Å². The molecule has 4 rings (SSSR count). The fourth-order valence-corrected chi connectivity index (χ4v) is 11.0. The van der Waals surface area contributed by atoms with Crippen molar-refractivity contribution in [3.05, 3.63) is 116 Å². The van der Waals surface area contributed by atoms with Crippen LogP contribution in [0.2, 0.25) is 0 Å². The zero-order chi connectivity index (χ0) is 24.5. The van der Waals surface area contributed by atoms with Gasteiger partial charge >= 0.3 is 216 Å². The Morgan fingerprint density at radius 3 is 1.78 bits per heavy atom. The molecule has 3 aromatic carbocycles. The van der Waals surface area contributed by atoms with Crippen LogP contribution in [-0.4, -0.2) is 14.1 Å². The average molecular weight is 574 g/mol. The largest absolute Gasteiger partial charge is 0.147 e. The van der Waals surface area contributed by atoms with Crippen molar-refractivity contribution in [2.45, 2.75) is 53.4 Å². The minimum Gasteiger partial charge on any atom is -0.147 e. The predicted octanol–water partition coefficient (Wildman–Crippen LogP) is 6.77. The Bertz CT molecular complexity index is 1260. The molecule has 0 radical (unpaired) electrons. The van der Waals surface area contributed by atoms with Gasteiger partial charge < -0.3 is 0 Å². The van der Waals surface area contributed by atoms with Gasteiger partial charge in [0.25, 0.3) is 0 Å². The van der Waals surface area contributed by atoms with Crippen LogP contribution in [0.3, 0.4) is 0 Å². The van der Waals surface area contributed by atoms with Crippen LogP contribution in [0.4, 0.5) is 0 Å². The Hall–Kier alpha value is -1.68. The molecular weight excluding hydrogens is 535 g/mol. The topological polar surface area (TPSA) is 9.23 Å². The van der Waals surface area contributed by atoms with Gasteiger partial charge in [0.15, 0.2) is 0 Å². The summed E-state index contributed by atoms with van der Waals surface area (Å²) in [6.45, 7) is 13.8. The number of allylic oxidation sites excluding steroid dienone is 4. The molecule has 0 amide bonds. The zero-order valence-electron chi connectivity index (χ0n) is 22.4. The number of hydrogen-bond donors (Lipinski definition) is 0. The van der Waals surface area contributed by atoms with Gasteiger partial charge in [-0.25, -0.2) is 0 Å². The maximum atomic E-state index is 7.36. The van der Waals surface area contributed by atoms with Gasteiger partial charge in [0.05, 0.1) is 0 Å². The van der Waals surface area contributed by atoms with Crippen LogP contribution in [0.1, 0.15) is 60.6 Å². The van der Waals surface area contributed by atoms with Crippen molar-refractivity contribution in [1.29, 1.82) is 0 Å². The van der Waals surface area contributed by atoms with E-state index in [1.54, 1.807) is 0 Å². The summed E-state index contributed by atoms with van der Waals surface area (Å²) in [6.07, 6.45) is 7.78. The number of benzene rings is 3. The number of halogens is 2. The summed E-state index contributed by atoms with van der Waals surface area (Å²) in [5.74, 6) is 1.16. The van der Waals surface area contributed by atoms with E-state index in [1.807, 2.05) is 0 Å². The molecule has 190 valence electrons. The summed E-state index contributed by atoms with van der Waals surface area (Å²) in [4.78, 5) is 0. The normalized spacial score (nSPS) is 12.4. The molecule has 0 saturated heterocycles. The first kappa shape index (κ1) is 30.5. The van der Waals surface area contributed by atoms with Crippen LogP contribution >= 0.6 is 24.8 Å². The van der Waals surface area contributed by atoms with Crippen LogP contribution in [0.5, 0.6) is 5.75 Å². The average Bonchev–Trinajstić information content (AvgIpc) is 3.35. The summed E-state index contributed by atoms with van der Waals surface area (Å²) in [6, 6.07) is 21.8. The van der Waals surface area contributed by atoms with Gasteiger partial charge in [-0.15, -0.1) is 24.8 Å². The van der Waals surface area contributed by atoms with E-state index in [0.29, 0.717) is 0 Å². The molecule has 0 N–H and O–H groups in total. The second-order valence-electron chi connectivity index (χ2n) is 10.3. The monoisotopic (exact) mass is 572 g/mol. The molecule has 0 spiro atoms. The number of hydrogen-bond acceptors (Lipinski definition) is 1. The second-order valence-corrected chi connectivity index (χ2v) is 14.4. The summed E-state index contributed by atoms with van der Waals surface area (Å²) in [5, 5.41) is 1.44. The molecule has 3 aromatic rings. The summed E-state index contributed by atoms with van der Waals surface area (Å²) in [7, 11) is 0.967. The van der Waals surface area contributed by atoms with Gasteiger partial charge in [0.1, 0.15) is 0 Å². The zero-order valence-corrected chi connectivity index (χ0v) is 27.6. The summed E-state index contributed by atoms with van der Waals surface area (Å²) >= 11 is -2.38. The van der Waals surface area contributed by atoms with Crippen molar-refractivity contribution in [2.24, 2.45) is 0 Å². The first-order chi connectivity index (χ1) is 16.2. The van der Waals surface area contributed by atoms with Crippen molar-refractivity contribution >= 4 is 44.1 Å². The van der Waals surface area contributed by atoms with Crippen molar-refractivity contribution in [3.63, 3.8) is 0 Å². The predicted molar refractivity (Wildman–Crippen MR) is 162 cm³/mol. The van der Waals surface area contributed by atoms with E-state index < -0.39 is 17.8 Å². The first-order valence-corrected chi connectivity index (χ1v) is 15.4. The van der Waals surface area contributed by atoms with Crippen molar-refractivity contribution < 1.29 is 21.1 Å². The van der Waals surface area contributed by atoms with E-state index >= 15 is 0 Å². The van der Waals surface area contributed by atoms with Crippen molar-refractivity contribution in [3.8, 4) is 5.75 Å². The standard InChI is InChI=1S/C13H22OSi.C13H10.C5H5.2ClH.Ti/c1-7-8(2)10(13(4,5)6)12(15)11(14)9(7)3;1-3-7-12(8-4-1)11-13-9-5-2-6-10-13;1-2-4-5-3-1;;;/h14H,1-6,15H3;1-10H;1-3H,4H2;2*1H;/q;;;;;+1/p-1. The third kappa shape index (κ3) is 6.23. The minimum atomic E-state index is -2.38. The molecule has 1 aliphatic carbocycles. The molecule has 0 atom stereocenters. The van der Waals surface area contributed by atoms with Crippen LogP contribution in [-0.2, 0) is 23.2 Å². The molecule has 1 nitrogen and oxygen atoms in total. The van der Waals surface area contributed by atoms with Gasteiger partial charge in [-0.3, -0.25) is 0 Å². The molecule has 0 unspecified atom stereocenters. The Morgan fingerprint density at radius 1 is 0.806 bits per heavy atom. The van der Waals surface area contributed by atoms with Gasteiger partial charge in [0, 0.05) is 0 Å². The summed E-state index contributed by atoms with van der Waals surface area (Å²) in [5.41, 5.74) is 8.25. The van der Waals surface area contributed by atoms with E-state index in [-0.39, 0.29) is 30.2 Å². The van der Waals surface area contributed by atoms with Crippen LogP contribution in [0.25, 0.3) is 0 Å². The molecule has 5 heteroatoms. The van der Waals surface area contributed by atoms with Gasteiger partial charge in [-0.1, -0.05) is 0 Å². The molecule has 0 aliphatic heterocycles. The molecule has 0 saturated carbocycles. The number of rotatable bonds is 5. The minimum absolute atomic E-state index is 0. The SMILES string of the molecule is Cc1c(C)c([O][Ti]([C]2=CC=CC2)=[C](c2ccccc2)c2ccccc2)c([SiH3])c(C(C)(C)C)c1C.Cl.Cl. The van der Waals surface area contributed by atoms with E-state index in [4.69, 9.17) is 3.32 Å². The Morgan fingerprint density at radius 2 is 1.33 bits per heavy atom. The smallest absolute Gasteiger partial charge is 0.147 e.